The van der Waals surface area contributed by atoms with Crippen LogP contribution in [0.4, 0.5) is 0 Å². The number of methoxy groups -OCH3 is 2. The molecule has 0 aromatic carbocycles. The van der Waals surface area contributed by atoms with Crippen LogP contribution < -0.4 is 5.32 Å². The summed E-state index contributed by atoms with van der Waals surface area (Å²) in [6.07, 6.45) is 2.50. The molecular weight excluding hydrogens is 246 g/mol. The zero-order chi connectivity index (χ0) is 13.8. The Morgan fingerprint density at radius 2 is 1.95 bits per heavy atom. The molecule has 1 rings (SSSR count). The molecule has 0 radical (unpaired) electrons. The minimum absolute atomic E-state index is 0.606. The minimum atomic E-state index is 0.606. The summed E-state index contributed by atoms with van der Waals surface area (Å²) in [5.74, 6) is 0.809. The van der Waals surface area contributed by atoms with E-state index in [4.69, 9.17) is 14.2 Å². The molecule has 6 nitrogen and oxygen atoms in total. The molecule has 1 N–H and O–H groups in total. The lowest BCUT2D eigenvalue weighted by Gasteiger charge is -2.06. The third-order valence-electron chi connectivity index (χ3n) is 2.45. The molecule has 1 heterocycles. The molecule has 1 aromatic heterocycles. The van der Waals surface area contributed by atoms with Crippen molar-refractivity contribution in [3.8, 4) is 0 Å². The van der Waals surface area contributed by atoms with Crippen molar-refractivity contribution in [1.82, 2.24) is 15.3 Å². The minimum Gasteiger partial charge on any atom is -0.383 e. The van der Waals surface area contributed by atoms with Crippen LogP contribution >= 0.6 is 0 Å². The van der Waals surface area contributed by atoms with E-state index in [0.717, 1.165) is 31.0 Å². The van der Waals surface area contributed by atoms with Crippen LogP contribution in [0.1, 0.15) is 11.5 Å². The van der Waals surface area contributed by atoms with Crippen molar-refractivity contribution in [2.45, 2.75) is 13.0 Å². The Bertz CT molecular complexity index is 337. The van der Waals surface area contributed by atoms with Gasteiger partial charge in [0.25, 0.3) is 0 Å². The van der Waals surface area contributed by atoms with E-state index in [1.807, 2.05) is 6.07 Å². The number of rotatable bonds is 11. The van der Waals surface area contributed by atoms with Gasteiger partial charge >= 0.3 is 0 Å². The number of nitrogens with one attached hydrogen (secondary N) is 1. The summed E-state index contributed by atoms with van der Waals surface area (Å²) in [5, 5.41) is 3.25. The van der Waals surface area contributed by atoms with Gasteiger partial charge < -0.3 is 19.5 Å². The monoisotopic (exact) mass is 269 g/mol. The number of nitrogens with zero attached hydrogens (tertiary/aromatic N) is 2. The number of hydrogen-bond acceptors (Lipinski definition) is 6. The second-order valence-corrected chi connectivity index (χ2v) is 3.99. The van der Waals surface area contributed by atoms with E-state index in [1.54, 1.807) is 20.4 Å². The molecule has 0 spiro atoms. The van der Waals surface area contributed by atoms with Gasteiger partial charge in [0.15, 0.2) is 0 Å². The predicted molar refractivity (Wildman–Crippen MR) is 72.0 cm³/mol. The summed E-state index contributed by atoms with van der Waals surface area (Å²) in [6, 6.07) is 1.91. The zero-order valence-electron chi connectivity index (χ0n) is 11.7. The van der Waals surface area contributed by atoms with Crippen molar-refractivity contribution in [2.75, 3.05) is 47.2 Å². The van der Waals surface area contributed by atoms with Gasteiger partial charge in [0, 0.05) is 39.9 Å². The highest BCUT2D eigenvalue weighted by Crippen LogP contribution is 1.97. The molecule has 0 aliphatic carbocycles. The highest BCUT2D eigenvalue weighted by molar-refractivity contribution is 5.02. The van der Waals surface area contributed by atoms with Gasteiger partial charge in [0.05, 0.1) is 32.1 Å². The normalized spacial score (nSPS) is 10.8. The third kappa shape index (κ3) is 7.84. The fourth-order valence-electron chi connectivity index (χ4n) is 1.46. The summed E-state index contributed by atoms with van der Waals surface area (Å²) >= 11 is 0. The van der Waals surface area contributed by atoms with Crippen molar-refractivity contribution in [1.29, 1.82) is 0 Å². The van der Waals surface area contributed by atoms with Crippen LogP contribution in [0.3, 0.4) is 0 Å². The SMILES string of the molecule is COCCNCc1ccnc(CCOCCOC)n1. The summed E-state index contributed by atoms with van der Waals surface area (Å²) in [5.41, 5.74) is 0.984. The first-order chi connectivity index (χ1) is 9.36. The molecule has 0 amide bonds. The largest absolute Gasteiger partial charge is 0.383 e. The van der Waals surface area contributed by atoms with Crippen LogP contribution in [0, 0.1) is 0 Å². The van der Waals surface area contributed by atoms with Crippen molar-refractivity contribution >= 4 is 0 Å². The molecule has 0 unspecified atom stereocenters. The summed E-state index contributed by atoms with van der Waals surface area (Å²) in [6.45, 7) is 4.08. The van der Waals surface area contributed by atoms with Crippen LogP contribution in [-0.2, 0) is 27.2 Å². The smallest absolute Gasteiger partial charge is 0.130 e. The van der Waals surface area contributed by atoms with Gasteiger partial charge in [0.2, 0.25) is 0 Å². The maximum Gasteiger partial charge on any atom is 0.130 e. The lowest BCUT2D eigenvalue weighted by Crippen LogP contribution is -2.19. The number of ether oxygens (including phenoxy) is 3. The van der Waals surface area contributed by atoms with Crippen molar-refractivity contribution < 1.29 is 14.2 Å². The Morgan fingerprint density at radius 1 is 1.11 bits per heavy atom. The lowest BCUT2D eigenvalue weighted by atomic mass is 10.3. The highest BCUT2D eigenvalue weighted by Gasteiger charge is 2.00. The Labute approximate surface area is 114 Å². The lowest BCUT2D eigenvalue weighted by molar-refractivity contribution is 0.0716. The van der Waals surface area contributed by atoms with Crippen LogP contribution in [0.25, 0.3) is 0 Å². The Morgan fingerprint density at radius 3 is 2.74 bits per heavy atom. The van der Waals surface area contributed by atoms with Gasteiger partial charge in [-0.2, -0.15) is 0 Å². The average Bonchev–Trinajstić information content (AvgIpc) is 2.44. The van der Waals surface area contributed by atoms with E-state index in [9.17, 15) is 0 Å². The van der Waals surface area contributed by atoms with Crippen LogP contribution in [-0.4, -0.2) is 57.2 Å². The first-order valence-corrected chi connectivity index (χ1v) is 6.44. The summed E-state index contributed by atoms with van der Waals surface area (Å²) in [4.78, 5) is 8.69. The van der Waals surface area contributed by atoms with Crippen molar-refractivity contribution in [2.24, 2.45) is 0 Å². The fraction of sp³-hybridized carbons (Fsp3) is 0.692. The number of hydrogen-bond donors (Lipinski definition) is 1. The molecule has 0 saturated carbocycles. The first kappa shape index (κ1) is 16.0. The molecular formula is C13H23N3O3. The van der Waals surface area contributed by atoms with E-state index in [-0.39, 0.29) is 0 Å². The van der Waals surface area contributed by atoms with E-state index in [1.165, 1.54) is 0 Å². The molecule has 0 bridgehead atoms. The van der Waals surface area contributed by atoms with Crippen LogP contribution in [0.15, 0.2) is 12.3 Å². The van der Waals surface area contributed by atoms with Gasteiger partial charge in [-0.05, 0) is 6.07 Å². The molecule has 0 aliphatic heterocycles. The average molecular weight is 269 g/mol. The molecule has 108 valence electrons. The van der Waals surface area contributed by atoms with E-state index in [2.05, 4.69) is 15.3 Å². The topological polar surface area (TPSA) is 65.5 Å². The standard InChI is InChI=1S/C13H23N3O3/c1-17-8-6-14-11-12-3-5-15-13(16-12)4-7-19-10-9-18-2/h3,5,14H,4,6-11H2,1-2H3. The molecule has 1 aromatic rings. The molecule has 0 saturated heterocycles. The maximum atomic E-state index is 5.39. The van der Waals surface area contributed by atoms with Crippen LogP contribution in [0.5, 0.6) is 0 Å². The fourth-order valence-corrected chi connectivity index (χ4v) is 1.46. The molecule has 0 fully saturated rings. The van der Waals surface area contributed by atoms with E-state index < -0.39 is 0 Å². The molecule has 0 aliphatic rings. The second-order valence-electron chi connectivity index (χ2n) is 3.99. The Kier molecular flexibility index (Phi) is 9.09. The predicted octanol–water partition coefficient (Wildman–Crippen LogP) is 0.418. The number of aromatic nitrogens is 2. The maximum absolute atomic E-state index is 5.39. The quantitative estimate of drug-likeness (QED) is 0.587. The van der Waals surface area contributed by atoms with Gasteiger partial charge in [-0.25, -0.2) is 9.97 Å². The third-order valence-corrected chi connectivity index (χ3v) is 2.45. The Hall–Kier alpha value is -1.08. The zero-order valence-corrected chi connectivity index (χ0v) is 11.7. The van der Waals surface area contributed by atoms with Gasteiger partial charge in [-0.1, -0.05) is 0 Å². The molecule has 0 atom stereocenters. The van der Waals surface area contributed by atoms with Crippen LogP contribution in [0.2, 0.25) is 0 Å². The van der Waals surface area contributed by atoms with Crippen molar-refractivity contribution in [3.63, 3.8) is 0 Å². The summed E-state index contributed by atoms with van der Waals surface area (Å²) < 4.78 is 15.3. The molecule has 19 heavy (non-hydrogen) atoms. The van der Waals surface area contributed by atoms with Crippen molar-refractivity contribution in [3.05, 3.63) is 23.8 Å². The van der Waals surface area contributed by atoms with Gasteiger partial charge in [-0.3, -0.25) is 0 Å². The van der Waals surface area contributed by atoms with E-state index >= 15 is 0 Å². The first-order valence-electron chi connectivity index (χ1n) is 6.44. The molecule has 6 heteroatoms. The van der Waals surface area contributed by atoms with E-state index in [0.29, 0.717) is 26.4 Å². The Balaban J connectivity index is 2.23. The summed E-state index contributed by atoms with van der Waals surface area (Å²) in [7, 11) is 3.35. The van der Waals surface area contributed by atoms with Gasteiger partial charge in [0.1, 0.15) is 5.82 Å². The second kappa shape index (κ2) is 10.8. The van der Waals surface area contributed by atoms with Gasteiger partial charge in [-0.15, -0.1) is 0 Å². The highest BCUT2D eigenvalue weighted by atomic mass is 16.5.